The second kappa shape index (κ2) is 4.01. The molecule has 1 heteroatoms. The summed E-state index contributed by atoms with van der Waals surface area (Å²) in [6.07, 6.45) is 0. The third-order valence-electron chi connectivity index (χ3n) is 3.74. The summed E-state index contributed by atoms with van der Waals surface area (Å²) >= 11 is 0. The van der Waals surface area contributed by atoms with Crippen LogP contribution in [0.2, 0.25) is 0 Å². The molecule has 1 atom stereocenters. The van der Waals surface area contributed by atoms with E-state index in [4.69, 9.17) is 0 Å². The molecule has 2 aromatic carbocycles. The van der Waals surface area contributed by atoms with Crippen molar-refractivity contribution in [1.82, 2.24) is 0 Å². The van der Waals surface area contributed by atoms with Crippen molar-refractivity contribution in [2.75, 3.05) is 6.61 Å². The zero-order chi connectivity index (χ0) is 11.8. The third-order valence-corrected chi connectivity index (χ3v) is 3.74. The van der Waals surface area contributed by atoms with E-state index < -0.39 is 0 Å². The maximum atomic E-state index is 9.45. The molecule has 0 fully saturated rings. The predicted molar refractivity (Wildman–Crippen MR) is 70.0 cm³/mol. The molecule has 0 radical (unpaired) electrons. The molecule has 17 heavy (non-hydrogen) atoms. The first kappa shape index (κ1) is 10.5. The Kier molecular flexibility index (Phi) is 2.49. The predicted octanol–water partition coefficient (Wildman–Crippen LogP) is 3.43. The fourth-order valence-electron chi connectivity index (χ4n) is 2.91. The van der Waals surface area contributed by atoms with Crippen LogP contribution in [0.3, 0.4) is 0 Å². The van der Waals surface area contributed by atoms with E-state index in [1.807, 2.05) is 0 Å². The molecule has 3 rings (SSSR count). The summed E-state index contributed by atoms with van der Waals surface area (Å²) in [5.41, 5.74) is 5.37. The fourth-order valence-corrected chi connectivity index (χ4v) is 2.91. The standard InChI is InChI=1S/C16H16O/c1-11(10-17)16-14-8-4-2-6-12(14)13-7-3-5-9-15(13)16/h2-9,11,16-17H,10H2,1H3. The molecule has 1 N–H and O–H groups in total. The molecule has 0 aromatic heterocycles. The van der Waals surface area contributed by atoms with Crippen LogP contribution >= 0.6 is 0 Å². The first-order valence-electron chi connectivity index (χ1n) is 6.12. The number of rotatable bonds is 2. The third kappa shape index (κ3) is 1.50. The van der Waals surface area contributed by atoms with Gasteiger partial charge in [0.25, 0.3) is 0 Å². The summed E-state index contributed by atoms with van der Waals surface area (Å²) in [5.74, 6) is 0.604. The van der Waals surface area contributed by atoms with Gasteiger partial charge < -0.3 is 5.11 Å². The number of hydrogen-bond donors (Lipinski definition) is 1. The number of fused-ring (bicyclic) bond motifs is 3. The zero-order valence-corrected chi connectivity index (χ0v) is 9.93. The van der Waals surface area contributed by atoms with Gasteiger partial charge in [0.05, 0.1) is 0 Å². The van der Waals surface area contributed by atoms with Gasteiger partial charge in [-0.05, 0) is 28.2 Å². The molecule has 1 nitrogen and oxygen atoms in total. The minimum absolute atomic E-state index is 0.229. The fraction of sp³-hybridized carbons (Fsp3) is 0.250. The molecule has 0 aliphatic heterocycles. The van der Waals surface area contributed by atoms with Gasteiger partial charge in [0.1, 0.15) is 0 Å². The van der Waals surface area contributed by atoms with Gasteiger partial charge in [-0.3, -0.25) is 0 Å². The maximum Gasteiger partial charge on any atom is 0.0465 e. The Bertz CT molecular complexity index is 499. The highest BCUT2D eigenvalue weighted by atomic mass is 16.3. The largest absolute Gasteiger partial charge is 0.396 e. The Morgan fingerprint density at radius 3 is 1.88 bits per heavy atom. The molecule has 0 amide bonds. The van der Waals surface area contributed by atoms with Gasteiger partial charge in [-0.1, -0.05) is 55.5 Å². The van der Waals surface area contributed by atoms with E-state index in [9.17, 15) is 5.11 Å². The van der Waals surface area contributed by atoms with E-state index in [0.29, 0.717) is 5.92 Å². The molecule has 1 aliphatic carbocycles. The van der Waals surface area contributed by atoms with E-state index in [2.05, 4.69) is 55.5 Å². The SMILES string of the molecule is CC(CO)C1c2ccccc2-c2ccccc21. The van der Waals surface area contributed by atoms with Crippen LogP contribution in [0, 0.1) is 5.92 Å². The Hall–Kier alpha value is -1.60. The summed E-state index contributed by atoms with van der Waals surface area (Å²) in [5, 5.41) is 9.45. The first-order chi connectivity index (χ1) is 8.33. The Balaban J connectivity index is 2.23. The van der Waals surface area contributed by atoms with Gasteiger partial charge in [0, 0.05) is 12.5 Å². The van der Waals surface area contributed by atoms with Gasteiger partial charge in [0.2, 0.25) is 0 Å². The monoisotopic (exact) mass is 224 g/mol. The first-order valence-corrected chi connectivity index (χ1v) is 6.12. The van der Waals surface area contributed by atoms with Crippen LogP contribution in [0.25, 0.3) is 11.1 Å². The van der Waals surface area contributed by atoms with Crippen molar-refractivity contribution in [2.45, 2.75) is 12.8 Å². The lowest BCUT2D eigenvalue weighted by Crippen LogP contribution is -2.12. The Morgan fingerprint density at radius 1 is 0.941 bits per heavy atom. The molecule has 86 valence electrons. The van der Waals surface area contributed by atoms with Crippen LogP contribution in [0.15, 0.2) is 48.5 Å². The number of hydrogen-bond acceptors (Lipinski definition) is 1. The van der Waals surface area contributed by atoms with Gasteiger partial charge in [-0.15, -0.1) is 0 Å². The highest BCUT2D eigenvalue weighted by Crippen LogP contribution is 2.47. The molecule has 0 saturated heterocycles. The second-order valence-corrected chi connectivity index (χ2v) is 4.81. The van der Waals surface area contributed by atoms with E-state index in [0.717, 1.165) is 0 Å². The molecule has 1 aliphatic rings. The second-order valence-electron chi connectivity index (χ2n) is 4.81. The van der Waals surface area contributed by atoms with E-state index in [1.54, 1.807) is 0 Å². The summed E-state index contributed by atoms with van der Waals surface area (Å²) in [6.45, 7) is 2.34. The number of aliphatic hydroxyl groups excluding tert-OH is 1. The van der Waals surface area contributed by atoms with Gasteiger partial charge >= 0.3 is 0 Å². The van der Waals surface area contributed by atoms with E-state index in [-0.39, 0.29) is 12.5 Å². The van der Waals surface area contributed by atoms with Gasteiger partial charge in [-0.2, -0.15) is 0 Å². The van der Waals surface area contributed by atoms with E-state index >= 15 is 0 Å². The number of aliphatic hydroxyl groups is 1. The topological polar surface area (TPSA) is 20.2 Å². The van der Waals surface area contributed by atoms with E-state index in [1.165, 1.54) is 22.3 Å². The molecule has 0 spiro atoms. The molecular formula is C16H16O. The van der Waals surface area contributed by atoms with Crippen LogP contribution in [0.4, 0.5) is 0 Å². The van der Waals surface area contributed by atoms with Crippen molar-refractivity contribution in [1.29, 1.82) is 0 Å². The van der Waals surface area contributed by atoms with Crippen LogP contribution in [0.1, 0.15) is 24.0 Å². The van der Waals surface area contributed by atoms with Crippen LogP contribution in [0.5, 0.6) is 0 Å². The summed E-state index contributed by atoms with van der Waals surface area (Å²) < 4.78 is 0. The lowest BCUT2D eigenvalue weighted by atomic mass is 9.86. The lowest BCUT2D eigenvalue weighted by molar-refractivity contribution is 0.226. The highest BCUT2D eigenvalue weighted by Gasteiger charge is 2.31. The summed E-state index contributed by atoms with van der Waals surface area (Å²) in [6, 6.07) is 17.1. The van der Waals surface area contributed by atoms with Crippen molar-refractivity contribution in [3.63, 3.8) is 0 Å². The van der Waals surface area contributed by atoms with Crippen molar-refractivity contribution >= 4 is 0 Å². The molecular weight excluding hydrogens is 208 g/mol. The highest BCUT2D eigenvalue weighted by molar-refractivity contribution is 5.78. The molecule has 0 heterocycles. The zero-order valence-electron chi connectivity index (χ0n) is 9.93. The maximum absolute atomic E-state index is 9.45. The normalized spacial score (nSPS) is 15.4. The van der Waals surface area contributed by atoms with Gasteiger partial charge in [-0.25, -0.2) is 0 Å². The quantitative estimate of drug-likeness (QED) is 0.828. The van der Waals surface area contributed by atoms with Crippen molar-refractivity contribution < 1.29 is 5.11 Å². The van der Waals surface area contributed by atoms with Crippen LogP contribution in [-0.2, 0) is 0 Å². The molecule has 0 bridgehead atoms. The van der Waals surface area contributed by atoms with Crippen molar-refractivity contribution in [3.8, 4) is 11.1 Å². The van der Waals surface area contributed by atoms with Crippen LogP contribution < -0.4 is 0 Å². The molecule has 0 saturated carbocycles. The van der Waals surface area contributed by atoms with Crippen molar-refractivity contribution in [2.24, 2.45) is 5.92 Å². The van der Waals surface area contributed by atoms with Gasteiger partial charge in [0.15, 0.2) is 0 Å². The molecule has 2 aromatic rings. The average Bonchev–Trinajstić information content (AvgIpc) is 2.72. The number of benzene rings is 2. The minimum Gasteiger partial charge on any atom is -0.396 e. The smallest absolute Gasteiger partial charge is 0.0465 e. The average molecular weight is 224 g/mol. The Morgan fingerprint density at radius 2 is 1.41 bits per heavy atom. The van der Waals surface area contributed by atoms with Crippen molar-refractivity contribution in [3.05, 3.63) is 59.7 Å². The summed E-state index contributed by atoms with van der Waals surface area (Å²) in [4.78, 5) is 0. The minimum atomic E-state index is 0.229. The summed E-state index contributed by atoms with van der Waals surface area (Å²) in [7, 11) is 0. The lowest BCUT2D eigenvalue weighted by Gasteiger charge is -2.19. The van der Waals surface area contributed by atoms with Crippen LogP contribution in [-0.4, -0.2) is 11.7 Å². The molecule has 1 unspecified atom stereocenters. The Labute approximate surface area is 102 Å².